The molecule has 3 heteroatoms. The summed E-state index contributed by atoms with van der Waals surface area (Å²) < 4.78 is 0. The highest BCUT2D eigenvalue weighted by atomic mass is 16.1. The summed E-state index contributed by atoms with van der Waals surface area (Å²) in [5.74, 6) is -0.108. The van der Waals surface area contributed by atoms with E-state index in [0.717, 1.165) is 16.8 Å². The number of nitrogens with zero attached hydrogens (tertiary/aromatic N) is 1. The molecule has 1 amide bonds. The van der Waals surface area contributed by atoms with Gasteiger partial charge in [0.1, 0.15) is 0 Å². The normalized spacial score (nSPS) is 10.7. The Bertz CT molecular complexity index is 835. The van der Waals surface area contributed by atoms with Crippen molar-refractivity contribution in [2.24, 2.45) is 0 Å². The minimum absolute atomic E-state index is 0.108. The molecule has 0 fully saturated rings. The van der Waals surface area contributed by atoms with Gasteiger partial charge in [0.15, 0.2) is 0 Å². The summed E-state index contributed by atoms with van der Waals surface area (Å²) in [5, 5.41) is 2.90. The van der Waals surface area contributed by atoms with E-state index in [9.17, 15) is 4.79 Å². The molecule has 0 aliphatic rings. The fraction of sp³-hybridized carbons (Fsp3) is 0.0476. The summed E-state index contributed by atoms with van der Waals surface area (Å²) in [6, 6.07) is 19.2. The third-order valence-corrected chi connectivity index (χ3v) is 3.66. The Morgan fingerprint density at radius 2 is 1.42 bits per heavy atom. The van der Waals surface area contributed by atoms with Crippen molar-refractivity contribution in [3.63, 3.8) is 0 Å². The number of rotatable bonds is 4. The largest absolute Gasteiger partial charge is 0.322 e. The van der Waals surface area contributed by atoms with Crippen molar-refractivity contribution >= 4 is 23.7 Å². The van der Waals surface area contributed by atoms with E-state index >= 15 is 0 Å². The zero-order chi connectivity index (χ0) is 16.8. The molecule has 1 heterocycles. The smallest absolute Gasteiger partial charge is 0.255 e. The van der Waals surface area contributed by atoms with E-state index in [-0.39, 0.29) is 5.91 Å². The molecule has 0 bridgehead atoms. The van der Waals surface area contributed by atoms with Gasteiger partial charge >= 0.3 is 0 Å². The molecular formula is C21H18N2O. The lowest BCUT2D eigenvalue weighted by atomic mass is 10.1. The SMILES string of the molecule is Cc1ccc(NC(=O)c2ccc(/C=C/c3ccncc3)cc2)cc1. The highest BCUT2D eigenvalue weighted by molar-refractivity contribution is 6.04. The topological polar surface area (TPSA) is 42.0 Å². The lowest BCUT2D eigenvalue weighted by Gasteiger charge is -2.06. The predicted octanol–water partition coefficient (Wildman–Crippen LogP) is 4.81. The molecule has 1 N–H and O–H groups in total. The van der Waals surface area contributed by atoms with Gasteiger partial charge in [-0.05, 0) is 54.4 Å². The van der Waals surface area contributed by atoms with E-state index < -0.39 is 0 Å². The van der Waals surface area contributed by atoms with E-state index in [1.807, 2.05) is 79.7 Å². The van der Waals surface area contributed by atoms with Crippen LogP contribution in [-0.4, -0.2) is 10.9 Å². The van der Waals surface area contributed by atoms with Crippen LogP contribution < -0.4 is 5.32 Å². The van der Waals surface area contributed by atoms with Crippen LogP contribution in [0.4, 0.5) is 5.69 Å². The molecule has 0 spiro atoms. The van der Waals surface area contributed by atoms with E-state index in [4.69, 9.17) is 0 Å². The van der Waals surface area contributed by atoms with Crippen LogP contribution in [0.5, 0.6) is 0 Å². The monoisotopic (exact) mass is 314 g/mol. The summed E-state index contributed by atoms with van der Waals surface area (Å²) in [6.07, 6.45) is 7.55. The van der Waals surface area contributed by atoms with Crippen LogP contribution in [0, 0.1) is 6.92 Å². The van der Waals surface area contributed by atoms with Gasteiger partial charge in [0, 0.05) is 23.6 Å². The zero-order valence-corrected chi connectivity index (χ0v) is 13.4. The van der Waals surface area contributed by atoms with Crippen molar-refractivity contribution < 1.29 is 4.79 Å². The number of nitrogens with one attached hydrogen (secondary N) is 1. The number of amides is 1. The van der Waals surface area contributed by atoms with E-state index in [1.54, 1.807) is 12.4 Å². The number of pyridine rings is 1. The van der Waals surface area contributed by atoms with Gasteiger partial charge in [0.25, 0.3) is 5.91 Å². The fourth-order valence-electron chi connectivity index (χ4n) is 2.25. The number of aryl methyl sites for hydroxylation is 1. The van der Waals surface area contributed by atoms with Crippen molar-refractivity contribution in [3.05, 3.63) is 95.3 Å². The Morgan fingerprint density at radius 1 is 0.833 bits per heavy atom. The summed E-state index contributed by atoms with van der Waals surface area (Å²) >= 11 is 0. The first kappa shape index (κ1) is 15.7. The lowest BCUT2D eigenvalue weighted by molar-refractivity contribution is 0.102. The summed E-state index contributed by atoms with van der Waals surface area (Å²) in [5.41, 5.74) is 4.73. The molecule has 0 aliphatic heterocycles. The maximum Gasteiger partial charge on any atom is 0.255 e. The van der Waals surface area contributed by atoms with Gasteiger partial charge in [-0.3, -0.25) is 9.78 Å². The Hall–Kier alpha value is -3.20. The maximum absolute atomic E-state index is 12.3. The van der Waals surface area contributed by atoms with Gasteiger partial charge in [0.2, 0.25) is 0 Å². The number of hydrogen-bond donors (Lipinski definition) is 1. The third kappa shape index (κ3) is 4.17. The second-order valence-corrected chi connectivity index (χ2v) is 5.56. The molecule has 0 saturated carbocycles. The number of carbonyl (C=O) groups excluding carboxylic acids is 1. The van der Waals surface area contributed by atoms with Crippen LogP contribution in [0.15, 0.2) is 73.1 Å². The fourth-order valence-corrected chi connectivity index (χ4v) is 2.25. The first-order chi connectivity index (χ1) is 11.7. The van der Waals surface area contributed by atoms with Gasteiger partial charge in [0.05, 0.1) is 0 Å². The highest BCUT2D eigenvalue weighted by Crippen LogP contribution is 2.13. The molecule has 0 unspecified atom stereocenters. The number of aromatic nitrogens is 1. The average molecular weight is 314 g/mol. The molecule has 0 saturated heterocycles. The van der Waals surface area contributed by atoms with Gasteiger partial charge in [-0.15, -0.1) is 0 Å². The highest BCUT2D eigenvalue weighted by Gasteiger charge is 2.05. The summed E-state index contributed by atoms with van der Waals surface area (Å²) in [4.78, 5) is 16.2. The first-order valence-electron chi connectivity index (χ1n) is 7.77. The minimum atomic E-state index is -0.108. The van der Waals surface area contributed by atoms with E-state index in [0.29, 0.717) is 5.56 Å². The van der Waals surface area contributed by atoms with E-state index in [1.165, 1.54) is 5.56 Å². The van der Waals surface area contributed by atoms with Crippen molar-refractivity contribution in [3.8, 4) is 0 Å². The minimum Gasteiger partial charge on any atom is -0.322 e. The predicted molar refractivity (Wildman–Crippen MR) is 98.7 cm³/mol. The third-order valence-electron chi connectivity index (χ3n) is 3.66. The molecule has 118 valence electrons. The first-order valence-corrected chi connectivity index (χ1v) is 7.77. The molecule has 24 heavy (non-hydrogen) atoms. The second-order valence-electron chi connectivity index (χ2n) is 5.56. The lowest BCUT2D eigenvalue weighted by Crippen LogP contribution is -2.11. The van der Waals surface area contributed by atoms with Crippen molar-refractivity contribution in [1.82, 2.24) is 4.98 Å². The molecule has 3 nitrogen and oxygen atoms in total. The Kier molecular flexibility index (Phi) is 4.82. The maximum atomic E-state index is 12.3. The van der Waals surface area contributed by atoms with Crippen molar-refractivity contribution in [2.75, 3.05) is 5.32 Å². The van der Waals surface area contributed by atoms with Crippen LogP contribution in [0.25, 0.3) is 12.2 Å². The molecule has 1 aromatic heterocycles. The zero-order valence-electron chi connectivity index (χ0n) is 13.4. The van der Waals surface area contributed by atoms with Crippen LogP contribution in [-0.2, 0) is 0 Å². The van der Waals surface area contributed by atoms with Crippen LogP contribution >= 0.6 is 0 Å². The number of anilines is 1. The van der Waals surface area contributed by atoms with Gasteiger partial charge in [-0.1, -0.05) is 42.0 Å². The Labute approximate surface area is 141 Å². The molecule has 0 radical (unpaired) electrons. The molecule has 0 atom stereocenters. The standard InChI is InChI=1S/C21H18N2O/c1-16-2-10-20(11-3-16)23-21(24)19-8-6-17(7-9-19)4-5-18-12-14-22-15-13-18/h2-15H,1H3,(H,23,24)/b5-4+. The molecule has 0 aliphatic carbocycles. The molecule has 3 rings (SSSR count). The van der Waals surface area contributed by atoms with Crippen LogP contribution in [0.1, 0.15) is 27.0 Å². The quantitative estimate of drug-likeness (QED) is 0.750. The van der Waals surface area contributed by atoms with Gasteiger partial charge in [-0.2, -0.15) is 0 Å². The van der Waals surface area contributed by atoms with Crippen LogP contribution in [0.3, 0.4) is 0 Å². The second kappa shape index (κ2) is 7.38. The van der Waals surface area contributed by atoms with Gasteiger partial charge < -0.3 is 5.32 Å². The molecule has 3 aromatic rings. The summed E-state index contributed by atoms with van der Waals surface area (Å²) in [7, 11) is 0. The van der Waals surface area contributed by atoms with Crippen LogP contribution in [0.2, 0.25) is 0 Å². The number of benzene rings is 2. The summed E-state index contributed by atoms with van der Waals surface area (Å²) in [6.45, 7) is 2.02. The number of hydrogen-bond acceptors (Lipinski definition) is 2. The van der Waals surface area contributed by atoms with E-state index in [2.05, 4.69) is 10.3 Å². The Morgan fingerprint density at radius 3 is 2.04 bits per heavy atom. The Balaban J connectivity index is 1.66. The van der Waals surface area contributed by atoms with Crippen molar-refractivity contribution in [2.45, 2.75) is 6.92 Å². The van der Waals surface area contributed by atoms with Gasteiger partial charge in [-0.25, -0.2) is 0 Å². The molecular weight excluding hydrogens is 296 g/mol. The van der Waals surface area contributed by atoms with Crippen molar-refractivity contribution in [1.29, 1.82) is 0 Å². The average Bonchev–Trinajstić information content (AvgIpc) is 2.63. The number of carbonyl (C=O) groups is 1. The molecule has 2 aromatic carbocycles.